The molecule has 164 valence electrons. The molecule has 5 nitrogen and oxygen atoms in total. The molecule has 2 aromatic rings. The Hall–Kier alpha value is -3.31. The van der Waals surface area contributed by atoms with Gasteiger partial charge in [0.25, 0.3) is 5.91 Å². The molecule has 0 aliphatic carbocycles. The highest BCUT2D eigenvalue weighted by Crippen LogP contribution is 2.34. The first-order chi connectivity index (χ1) is 14.8. The summed E-state index contributed by atoms with van der Waals surface area (Å²) in [7, 11) is 0. The number of anilines is 1. The zero-order valence-corrected chi connectivity index (χ0v) is 17.0. The van der Waals surface area contributed by atoms with Crippen molar-refractivity contribution in [2.24, 2.45) is 0 Å². The molecule has 0 aliphatic rings. The Morgan fingerprint density at radius 2 is 2.03 bits per heavy atom. The highest BCUT2D eigenvalue weighted by molar-refractivity contribution is 6.08. The van der Waals surface area contributed by atoms with Crippen LogP contribution in [-0.4, -0.2) is 24.2 Å². The van der Waals surface area contributed by atoms with Gasteiger partial charge in [0, 0.05) is 12.3 Å². The third-order valence-electron chi connectivity index (χ3n) is 4.36. The number of hydrogen-bond donors (Lipinski definition) is 2. The number of aliphatic hydroxyl groups is 1. The average Bonchev–Trinajstić information content (AvgIpc) is 2.73. The Kier molecular flexibility index (Phi) is 8.64. The van der Waals surface area contributed by atoms with E-state index in [1.807, 2.05) is 6.08 Å². The minimum atomic E-state index is -4.72. The Labute approximate surface area is 178 Å². The molecule has 31 heavy (non-hydrogen) atoms. The van der Waals surface area contributed by atoms with Crippen molar-refractivity contribution >= 4 is 17.7 Å². The SMILES string of the molecule is CCOc1cccc(/C=C/CCCCO)c1C(=O)Nc1ccc(C#N)c(C(F)(F)F)c1. The van der Waals surface area contributed by atoms with Crippen LogP contribution in [0.15, 0.2) is 42.5 Å². The van der Waals surface area contributed by atoms with E-state index >= 15 is 0 Å². The maximum Gasteiger partial charge on any atom is 0.417 e. The second kappa shape index (κ2) is 11.2. The third-order valence-corrected chi connectivity index (χ3v) is 4.36. The number of amides is 1. The number of nitrogens with one attached hydrogen (secondary N) is 1. The number of ether oxygens (including phenoxy) is 1. The number of alkyl halides is 3. The number of benzene rings is 2. The van der Waals surface area contributed by atoms with E-state index in [1.165, 1.54) is 12.1 Å². The number of carbonyl (C=O) groups excluding carboxylic acids is 1. The van der Waals surface area contributed by atoms with Crippen LogP contribution in [0.25, 0.3) is 6.08 Å². The second-order valence-electron chi connectivity index (χ2n) is 6.60. The van der Waals surface area contributed by atoms with Gasteiger partial charge in [-0.15, -0.1) is 0 Å². The molecule has 1 amide bonds. The molecule has 0 fully saturated rings. The van der Waals surface area contributed by atoms with Gasteiger partial charge in [-0.2, -0.15) is 18.4 Å². The summed E-state index contributed by atoms with van der Waals surface area (Å²) in [6, 6.07) is 9.56. The molecule has 8 heteroatoms. The number of hydrogen-bond acceptors (Lipinski definition) is 4. The van der Waals surface area contributed by atoms with Crippen molar-refractivity contribution in [2.45, 2.75) is 32.4 Å². The van der Waals surface area contributed by atoms with E-state index in [1.54, 1.807) is 31.2 Å². The van der Waals surface area contributed by atoms with E-state index < -0.39 is 23.2 Å². The van der Waals surface area contributed by atoms with Crippen LogP contribution >= 0.6 is 0 Å². The van der Waals surface area contributed by atoms with Gasteiger partial charge in [0.05, 0.1) is 29.4 Å². The summed E-state index contributed by atoms with van der Waals surface area (Å²) >= 11 is 0. The van der Waals surface area contributed by atoms with Gasteiger partial charge in [-0.3, -0.25) is 4.79 Å². The number of unbranched alkanes of at least 4 members (excludes halogenated alkanes) is 2. The van der Waals surface area contributed by atoms with Crippen LogP contribution in [0.3, 0.4) is 0 Å². The highest BCUT2D eigenvalue weighted by atomic mass is 19.4. The maximum absolute atomic E-state index is 13.2. The molecule has 2 rings (SSSR count). The monoisotopic (exact) mass is 432 g/mol. The topological polar surface area (TPSA) is 82.3 Å². The number of rotatable bonds is 9. The Balaban J connectivity index is 2.37. The van der Waals surface area contributed by atoms with Gasteiger partial charge in [-0.1, -0.05) is 24.3 Å². The molecular weight excluding hydrogens is 409 g/mol. The summed E-state index contributed by atoms with van der Waals surface area (Å²) in [6.45, 7) is 2.17. The molecule has 0 atom stereocenters. The predicted octanol–water partition coefficient (Wildman–Crippen LogP) is 5.40. The summed E-state index contributed by atoms with van der Waals surface area (Å²) < 4.78 is 45.2. The summed E-state index contributed by atoms with van der Waals surface area (Å²) in [5.41, 5.74) is -0.972. The molecule has 0 heterocycles. The maximum atomic E-state index is 13.2. The second-order valence-corrected chi connectivity index (χ2v) is 6.60. The van der Waals surface area contributed by atoms with E-state index in [0.29, 0.717) is 30.8 Å². The summed E-state index contributed by atoms with van der Waals surface area (Å²) in [5.74, 6) is -0.320. The molecule has 0 unspecified atom stereocenters. The third kappa shape index (κ3) is 6.59. The molecule has 0 spiro atoms. The smallest absolute Gasteiger partial charge is 0.417 e. The van der Waals surface area contributed by atoms with Crippen molar-refractivity contribution < 1.29 is 27.8 Å². The van der Waals surface area contributed by atoms with E-state index in [-0.39, 0.29) is 17.9 Å². The lowest BCUT2D eigenvalue weighted by molar-refractivity contribution is -0.137. The van der Waals surface area contributed by atoms with E-state index in [0.717, 1.165) is 18.6 Å². The van der Waals surface area contributed by atoms with Crippen molar-refractivity contribution in [1.82, 2.24) is 0 Å². The zero-order valence-electron chi connectivity index (χ0n) is 17.0. The molecule has 2 N–H and O–H groups in total. The van der Waals surface area contributed by atoms with Crippen LogP contribution in [0.2, 0.25) is 0 Å². The largest absolute Gasteiger partial charge is 0.493 e. The fourth-order valence-electron chi connectivity index (χ4n) is 2.94. The number of carbonyl (C=O) groups is 1. The van der Waals surface area contributed by atoms with Crippen LogP contribution in [-0.2, 0) is 6.18 Å². The van der Waals surface area contributed by atoms with Crippen LogP contribution in [0.1, 0.15) is 53.2 Å². The van der Waals surface area contributed by atoms with Gasteiger partial charge in [0.1, 0.15) is 5.75 Å². The van der Waals surface area contributed by atoms with Gasteiger partial charge in [-0.05, 0) is 56.0 Å². The van der Waals surface area contributed by atoms with Gasteiger partial charge >= 0.3 is 6.18 Å². The lowest BCUT2D eigenvalue weighted by atomic mass is 10.0. The van der Waals surface area contributed by atoms with E-state index in [9.17, 15) is 18.0 Å². The quantitative estimate of drug-likeness (QED) is 0.520. The number of nitriles is 1. The number of aliphatic hydroxyl groups excluding tert-OH is 1. The van der Waals surface area contributed by atoms with Crippen molar-refractivity contribution in [3.63, 3.8) is 0 Å². The Bertz CT molecular complexity index is 979. The molecule has 0 saturated heterocycles. The van der Waals surface area contributed by atoms with Crippen LogP contribution in [0, 0.1) is 11.3 Å². The van der Waals surface area contributed by atoms with Crippen LogP contribution < -0.4 is 10.1 Å². The predicted molar refractivity (Wildman–Crippen MR) is 112 cm³/mol. The van der Waals surface area contributed by atoms with Gasteiger partial charge in [0.15, 0.2) is 0 Å². The molecule has 0 bridgehead atoms. The van der Waals surface area contributed by atoms with Gasteiger partial charge < -0.3 is 15.2 Å². The molecular formula is C23H23F3N2O3. The lowest BCUT2D eigenvalue weighted by Gasteiger charge is -2.15. The molecule has 0 saturated carbocycles. The number of halogens is 3. The normalized spacial score (nSPS) is 11.4. The lowest BCUT2D eigenvalue weighted by Crippen LogP contribution is -2.16. The van der Waals surface area contributed by atoms with Crippen molar-refractivity contribution in [1.29, 1.82) is 5.26 Å². The highest BCUT2D eigenvalue weighted by Gasteiger charge is 2.34. The van der Waals surface area contributed by atoms with Crippen molar-refractivity contribution in [3.05, 3.63) is 64.7 Å². The molecule has 0 aromatic heterocycles. The zero-order chi connectivity index (χ0) is 22.9. The standard InChI is InChI=1S/C23H23F3N2O3/c1-2-31-20-10-7-9-16(8-5-3-4-6-13-29)21(20)22(30)28-18-12-11-17(15-27)19(14-18)23(24,25)26/h5,7-12,14,29H,2-4,6,13H2,1H3,(H,28,30)/b8-5+. The van der Waals surface area contributed by atoms with Crippen LogP contribution in [0.4, 0.5) is 18.9 Å². The summed E-state index contributed by atoms with van der Waals surface area (Å²) in [6.07, 6.45) is 1.03. The minimum Gasteiger partial charge on any atom is -0.493 e. The Morgan fingerprint density at radius 3 is 2.68 bits per heavy atom. The van der Waals surface area contributed by atoms with Crippen molar-refractivity contribution in [3.8, 4) is 11.8 Å². The first-order valence-electron chi connectivity index (χ1n) is 9.77. The minimum absolute atomic E-state index is 0.0829. The van der Waals surface area contributed by atoms with Gasteiger partial charge in [-0.25, -0.2) is 0 Å². The Morgan fingerprint density at radius 1 is 1.26 bits per heavy atom. The number of nitrogens with zero attached hydrogens (tertiary/aromatic N) is 1. The first kappa shape index (κ1) is 24.0. The molecule has 2 aromatic carbocycles. The van der Waals surface area contributed by atoms with Crippen molar-refractivity contribution in [2.75, 3.05) is 18.5 Å². The fourth-order valence-corrected chi connectivity index (χ4v) is 2.94. The average molecular weight is 432 g/mol. The van der Waals surface area contributed by atoms with Gasteiger partial charge in [0.2, 0.25) is 0 Å². The number of allylic oxidation sites excluding steroid dienone is 1. The molecule has 0 radical (unpaired) electrons. The first-order valence-corrected chi connectivity index (χ1v) is 9.77. The van der Waals surface area contributed by atoms with Crippen LogP contribution in [0.5, 0.6) is 5.75 Å². The summed E-state index contributed by atoms with van der Waals surface area (Å²) in [5, 5.41) is 20.3. The van der Waals surface area contributed by atoms with E-state index in [4.69, 9.17) is 15.1 Å². The fraction of sp³-hybridized carbons (Fsp3) is 0.304. The van der Waals surface area contributed by atoms with E-state index in [2.05, 4.69) is 5.32 Å². The summed E-state index contributed by atoms with van der Waals surface area (Å²) in [4.78, 5) is 13.0. The molecule has 0 aliphatic heterocycles.